The van der Waals surface area contributed by atoms with Gasteiger partial charge in [0.2, 0.25) is 0 Å². The molecule has 1 atom stereocenters. The number of hydrogen-bond donors (Lipinski definition) is 2. The highest BCUT2D eigenvalue weighted by Crippen LogP contribution is 2.06. The highest BCUT2D eigenvalue weighted by atomic mass is 19.1. The fraction of sp³-hybridized carbons (Fsp3) is 0.308. The Hall–Kier alpha value is -2.44. The lowest BCUT2D eigenvalue weighted by Crippen LogP contribution is -2.44. The second-order valence-corrected chi connectivity index (χ2v) is 4.07. The van der Waals surface area contributed by atoms with Crippen LogP contribution >= 0.6 is 0 Å². The monoisotopic (exact) mass is 283 g/mol. The van der Waals surface area contributed by atoms with Crippen LogP contribution in [-0.2, 0) is 25.5 Å². The number of esters is 1. The Morgan fingerprint density at radius 1 is 1.30 bits per heavy atom. The van der Waals surface area contributed by atoms with Crippen molar-refractivity contribution in [2.45, 2.75) is 19.4 Å². The number of halogens is 1. The fourth-order valence-electron chi connectivity index (χ4n) is 1.46. The number of carboxylic acids is 1. The normalized spacial score (nSPS) is 11.5. The highest BCUT2D eigenvalue weighted by molar-refractivity contribution is 5.85. The van der Waals surface area contributed by atoms with E-state index in [9.17, 15) is 18.8 Å². The molecule has 0 saturated heterocycles. The lowest BCUT2D eigenvalue weighted by Gasteiger charge is -2.14. The van der Waals surface area contributed by atoms with Crippen molar-refractivity contribution in [2.24, 2.45) is 0 Å². The van der Waals surface area contributed by atoms with Crippen LogP contribution in [0.2, 0.25) is 0 Å². The SMILES string of the molecule is CC(=O)OCC(=O)N[C@@H](Cc1ccc(F)cc1)C(=O)O. The Bertz CT molecular complexity index is 500. The summed E-state index contributed by atoms with van der Waals surface area (Å²) in [5.74, 6) is -3.01. The first-order valence-electron chi connectivity index (χ1n) is 5.78. The maximum atomic E-state index is 12.7. The van der Waals surface area contributed by atoms with Crippen molar-refractivity contribution in [1.82, 2.24) is 5.32 Å². The number of aliphatic carboxylic acids is 1. The van der Waals surface area contributed by atoms with Crippen molar-refractivity contribution >= 4 is 17.8 Å². The molecule has 1 aromatic rings. The van der Waals surface area contributed by atoms with Gasteiger partial charge < -0.3 is 15.2 Å². The van der Waals surface area contributed by atoms with Crippen LogP contribution in [0, 0.1) is 5.82 Å². The van der Waals surface area contributed by atoms with Gasteiger partial charge in [-0.25, -0.2) is 9.18 Å². The van der Waals surface area contributed by atoms with E-state index in [2.05, 4.69) is 10.1 Å². The Morgan fingerprint density at radius 3 is 2.40 bits per heavy atom. The lowest BCUT2D eigenvalue weighted by molar-refractivity contribution is -0.148. The third-order valence-corrected chi connectivity index (χ3v) is 2.39. The lowest BCUT2D eigenvalue weighted by atomic mass is 10.1. The van der Waals surface area contributed by atoms with Crippen LogP contribution in [0.15, 0.2) is 24.3 Å². The molecule has 1 amide bonds. The average Bonchev–Trinajstić information content (AvgIpc) is 2.38. The minimum atomic E-state index is -1.23. The molecule has 6 nitrogen and oxygen atoms in total. The Balaban J connectivity index is 2.60. The van der Waals surface area contributed by atoms with Gasteiger partial charge in [0.25, 0.3) is 5.91 Å². The van der Waals surface area contributed by atoms with Crippen molar-refractivity contribution in [3.63, 3.8) is 0 Å². The van der Waals surface area contributed by atoms with E-state index >= 15 is 0 Å². The molecule has 0 radical (unpaired) electrons. The fourth-order valence-corrected chi connectivity index (χ4v) is 1.46. The quantitative estimate of drug-likeness (QED) is 0.742. The van der Waals surface area contributed by atoms with Gasteiger partial charge in [-0.15, -0.1) is 0 Å². The van der Waals surface area contributed by atoms with Crippen molar-refractivity contribution < 1.29 is 28.6 Å². The van der Waals surface area contributed by atoms with Crippen LogP contribution in [0.5, 0.6) is 0 Å². The van der Waals surface area contributed by atoms with Crippen LogP contribution in [-0.4, -0.2) is 35.6 Å². The van der Waals surface area contributed by atoms with E-state index < -0.39 is 36.3 Å². The molecule has 0 heterocycles. The standard InChI is InChI=1S/C13H14FNO5/c1-8(16)20-7-12(17)15-11(13(18)19)6-9-2-4-10(14)5-3-9/h2-5,11H,6-7H2,1H3,(H,15,17)(H,18,19)/t11-/m0/s1. The van der Waals surface area contributed by atoms with Gasteiger partial charge in [0.15, 0.2) is 6.61 Å². The van der Waals surface area contributed by atoms with Gasteiger partial charge in [0.1, 0.15) is 11.9 Å². The zero-order valence-electron chi connectivity index (χ0n) is 10.8. The van der Waals surface area contributed by atoms with Gasteiger partial charge in [0, 0.05) is 13.3 Å². The van der Waals surface area contributed by atoms with Gasteiger partial charge in [-0.2, -0.15) is 0 Å². The summed E-state index contributed by atoms with van der Waals surface area (Å²) < 4.78 is 17.2. The predicted octanol–water partition coefficient (Wildman–Crippen LogP) is 0.501. The molecule has 20 heavy (non-hydrogen) atoms. The molecule has 0 saturated carbocycles. The number of amides is 1. The summed E-state index contributed by atoms with van der Waals surface area (Å²) in [5.41, 5.74) is 0.562. The molecule has 7 heteroatoms. The number of carboxylic acid groups (broad SMARTS) is 1. The molecule has 0 aliphatic rings. The summed E-state index contributed by atoms with van der Waals surface area (Å²) in [5, 5.41) is 11.2. The smallest absolute Gasteiger partial charge is 0.326 e. The Kier molecular flexibility index (Phi) is 5.64. The van der Waals surface area contributed by atoms with Crippen LogP contribution in [0.4, 0.5) is 4.39 Å². The molecular formula is C13H14FNO5. The van der Waals surface area contributed by atoms with Gasteiger partial charge in [-0.05, 0) is 17.7 Å². The molecule has 2 N–H and O–H groups in total. The summed E-state index contributed by atoms with van der Waals surface area (Å²) in [7, 11) is 0. The summed E-state index contributed by atoms with van der Waals surface area (Å²) in [6.45, 7) is 0.600. The maximum Gasteiger partial charge on any atom is 0.326 e. The first-order valence-corrected chi connectivity index (χ1v) is 5.78. The van der Waals surface area contributed by atoms with E-state index in [0.29, 0.717) is 5.56 Å². The molecule has 108 valence electrons. The van der Waals surface area contributed by atoms with Crippen LogP contribution < -0.4 is 5.32 Å². The maximum absolute atomic E-state index is 12.7. The number of rotatable bonds is 6. The topological polar surface area (TPSA) is 92.7 Å². The summed E-state index contributed by atoms with van der Waals surface area (Å²) in [6.07, 6.45) is 0.00141. The Labute approximate surface area is 114 Å². The third kappa shape index (κ3) is 5.47. The van der Waals surface area contributed by atoms with E-state index in [0.717, 1.165) is 6.92 Å². The molecule has 0 aromatic heterocycles. The highest BCUT2D eigenvalue weighted by Gasteiger charge is 2.20. The molecule has 1 rings (SSSR count). The molecule has 0 bridgehead atoms. The van der Waals surface area contributed by atoms with Gasteiger partial charge in [0.05, 0.1) is 0 Å². The van der Waals surface area contributed by atoms with E-state index in [1.165, 1.54) is 24.3 Å². The molecule has 0 aliphatic heterocycles. The van der Waals surface area contributed by atoms with E-state index in [-0.39, 0.29) is 6.42 Å². The summed E-state index contributed by atoms with van der Waals surface area (Å²) in [6, 6.07) is 4.10. The van der Waals surface area contributed by atoms with Gasteiger partial charge >= 0.3 is 11.9 Å². The molecule has 0 fully saturated rings. The zero-order valence-corrected chi connectivity index (χ0v) is 10.8. The van der Waals surface area contributed by atoms with E-state index in [1.54, 1.807) is 0 Å². The Morgan fingerprint density at radius 2 is 1.90 bits per heavy atom. The minimum absolute atomic E-state index is 0.00141. The third-order valence-electron chi connectivity index (χ3n) is 2.39. The number of ether oxygens (including phenoxy) is 1. The number of carbonyl (C=O) groups is 3. The first-order chi connectivity index (χ1) is 9.38. The second kappa shape index (κ2) is 7.22. The number of carbonyl (C=O) groups excluding carboxylic acids is 2. The van der Waals surface area contributed by atoms with Crippen LogP contribution in [0.25, 0.3) is 0 Å². The van der Waals surface area contributed by atoms with Gasteiger partial charge in [-0.1, -0.05) is 12.1 Å². The number of benzene rings is 1. The van der Waals surface area contributed by atoms with E-state index in [4.69, 9.17) is 5.11 Å². The summed E-state index contributed by atoms with van der Waals surface area (Å²) >= 11 is 0. The molecule has 1 aromatic carbocycles. The summed E-state index contributed by atoms with van der Waals surface area (Å²) in [4.78, 5) is 33.0. The average molecular weight is 283 g/mol. The largest absolute Gasteiger partial charge is 0.480 e. The van der Waals surface area contributed by atoms with Crippen LogP contribution in [0.3, 0.4) is 0 Å². The van der Waals surface area contributed by atoms with Crippen molar-refractivity contribution in [3.8, 4) is 0 Å². The van der Waals surface area contributed by atoms with Crippen molar-refractivity contribution in [1.29, 1.82) is 0 Å². The molecule has 0 aliphatic carbocycles. The minimum Gasteiger partial charge on any atom is -0.480 e. The first kappa shape index (κ1) is 15.6. The van der Waals surface area contributed by atoms with Crippen molar-refractivity contribution in [2.75, 3.05) is 6.61 Å². The van der Waals surface area contributed by atoms with E-state index in [1.807, 2.05) is 0 Å². The van der Waals surface area contributed by atoms with Gasteiger partial charge in [-0.3, -0.25) is 9.59 Å². The molecular weight excluding hydrogens is 269 g/mol. The van der Waals surface area contributed by atoms with Crippen molar-refractivity contribution in [3.05, 3.63) is 35.6 Å². The molecule has 0 spiro atoms. The zero-order chi connectivity index (χ0) is 15.1. The predicted molar refractivity (Wildman–Crippen MR) is 66.3 cm³/mol. The second-order valence-electron chi connectivity index (χ2n) is 4.07. The number of nitrogens with one attached hydrogen (secondary N) is 1. The van der Waals surface area contributed by atoms with Crippen LogP contribution in [0.1, 0.15) is 12.5 Å². The molecule has 0 unspecified atom stereocenters. The number of hydrogen-bond acceptors (Lipinski definition) is 4.